The van der Waals surface area contributed by atoms with Gasteiger partial charge in [-0.05, 0) is 42.9 Å². The van der Waals surface area contributed by atoms with Crippen molar-refractivity contribution in [3.63, 3.8) is 0 Å². The molecule has 0 aliphatic heterocycles. The minimum atomic E-state index is -0.559. The molecule has 1 atom stereocenters. The Morgan fingerprint density at radius 3 is 2.96 bits per heavy atom. The molecular weight excluding hydrogens is 311 g/mol. The quantitative estimate of drug-likeness (QED) is 0.900. The number of benzene rings is 1. The predicted molar refractivity (Wildman–Crippen MR) is 89.2 cm³/mol. The summed E-state index contributed by atoms with van der Waals surface area (Å²) < 4.78 is 13.7. The molecule has 1 N–H and O–H groups in total. The number of rotatable bonds is 3. The Morgan fingerprint density at radius 2 is 2.26 bits per heavy atom. The third-order valence-corrected chi connectivity index (χ3v) is 5.57. The first-order chi connectivity index (χ1) is 11.1. The molecule has 1 heterocycles. The van der Waals surface area contributed by atoms with E-state index in [1.165, 1.54) is 28.3 Å². The molecule has 1 aromatic carbocycles. The fourth-order valence-corrected chi connectivity index (χ4v) is 4.33. The fraction of sp³-hybridized carbons (Fsp3) is 0.333. The van der Waals surface area contributed by atoms with Crippen molar-refractivity contribution < 1.29 is 9.18 Å². The second-order valence-electron chi connectivity index (χ2n) is 5.77. The van der Waals surface area contributed by atoms with Gasteiger partial charge in [0.15, 0.2) is 0 Å². The summed E-state index contributed by atoms with van der Waals surface area (Å²) in [5.74, 6) is -0.427. The van der Waals surface area contributed by atoms with E-state index in [1.54, 1.807) is 12.1 Å². The van der Waals surface area contributed by atoms with Gasteiger partial charge in [0.1, 0.15) is 16.9 Å². The summed E-state index contributed by atoms with van der Waals surface area (Å²) in [7, 11) is 0. The summed E-state index contributed by atoms with van der Waals surface area (Å²) in [5, 5.41) is 12.7. The molecule has 1 aliphatic rings. The number of carbonyl (C=O) groups excluding carboxylic acids is 1. The van der Waals surface area contributed by atoms with Gasteiger partial charge in [-0.2, -0.15) is 5.26 Å². The van der Waals surface area contributed by atoms with Gasteiger partial charge in [-0.3, -0.25) is 4.79 Å². The number of fused-ring (bicyclic) bond motifs is 1. The number of nitrogens with zero attached hydrogens (tertiary/aromatic N) is 1. The van der Waals surface area contributed by atoms with Gasteiger partial charge in [-0.25, -0.2) is 4.39 Å². The molecule has 3 nitrogen and oxygen atoms in total. The number of amides is 1. The average Bonchev–Trinajstić information content (AvgIpc) is 2.90. The van der Waals surface area contributed by atoms with E-state index >= 15 is 0 Å². The molecule has 1 aliphatic carbocycles. The van der Waals surface area contributed by atoms with E-state index in [9.17, 15) is 14.4 Å². The minimum absolute atomic E-state index is 0.00537. The number of thiophene rings is 1. The fourth-order valence-electron chi connectivity index (χ4n) is 3.02. The molecule has 118 valence electrons. The molecule has 3 rings (SSSR count). The zero-order valence-corrected chi connectivity index (χ0v) is 13.7. The van der Waals surface area contributed by atoms with Crippen LogP contribution in [0.4, 0.5) is 9.39 Å². The first-order valence-corrected chi connectivity index (χ1v) is 8.56. The molecular formula is C18H17FN2OS. The van der Waals surface area contributed by atoms with E-state index in [2.05, 4.69) is 18.3 Å². The van der Waals surface area contributed by atoms with E-state index in [0.717, 1.165) is 31.2 Å². The molecule has 0 radical (unpaired) electrons. The van der Waals surface area contributed by atoms with Crippen LogP contribution in [0.1, 0.15) is 46.1 Å². The maximum absolute atomic E-state index is 13.7. The highest BCUT2D eigenvalue weighted by atomic mass is 32.1. The van der Waals surface area contributed by atoms with Crippen LogP contribution in [0.25, 0.3) is 0 Å². The van der Waals surface area contributed by atoms with Gasteiger partial charge in [0.05, 0.1) is 11.1 Å². The minimum Gasteiger partial charge on any atom is -0.312 e. The van der Waals surface area contributed by atoms with Crippen LogP contribution in [0.2, 0.25) is 0 Å². The molecule has 5 heteroatoms. The summed E-state index contributed by atoms with van der Waals surface area (Å²) in [6, 6.07) is 8.07. The van der Waals surface area contributed by atoms with Gasteiger partial charge >= 0.3 is 0 Å². The zero-order chi connectivity index (χ0) is 16.4. The Morgan fingerprint density at radius 1 is 1.48 bits per heavy atom. The molecule has 1 unspecified atom stereocenters. The van der Waals surface area contributed by atoms with Crippen molar-refractivity contribution >= 4 is 22.2 Å². The van der Waals surface area contributed by atoms with Gasteiger partial charge < -0.3 is 5.32 Å². The maximum atomic E-state index is 13.7. The van der Waals surface area contributed by atoms with E-state index in [-0.39, 0.29) is 5.56 Å². The number of halogens is 1. The second-order valence-corrected chi connectivity index (χ2v) is 6.88. The third kappa shape index (κ3) is 2.99. The number of anilines is 1. The van der Waals surface area contributed by atoms with Crippen molar-refractivity contribution in [2.45, 2.75) is 32.6 Å². The van der Waals surface area contributed by atoms with Crippen molar-refractivity contribution in [3.05, 3.63) is 51.7 Å². The van der Waals surface area contributed by atoms with Crippen LogP contribution in [0.3, 0.4) is 0 Å². The maximum Gasteiger partial charge on any atom is 0.259 e. The molecule has 2 aromatic rings. The van der Waals surface area contributed by atoms with Crippen molar-refractivity contribution in [3.8, 4) is 6.07 Å². The highest BCUT2D eigenvalue weighted by molar-refractivity contribution is 7.16. The van der Waals surface area contributed by atoms with Crippen molar-refractivity contribution in [1.82, 2.24) is 0 Å². The lowest BCUT2D eigenvalue weighted by Crippen LogP contribution is -2.14. The van der Waals surface area contributed by atoms with Crippen LogP contribution in [0.5, 0.6) is 0 Å². The van der Waals surface area contributed by atoms with E-state index in [1.807, 2.05) is 0 Å². The van der Waals surface area contributed by atoms with Gasteiger partial charge in [0.25, 0.3) is 5.91 Å². The Balaban J connectivity index is 1.90. The Labute approximate surface area is 138 Å². The lowest BCUT2D eigenvalue weighted by Gasteiger charge is -2.20. The SMILES string of the molecule is CCC1CCc2c(sc(NC(=O)c3ccccc3F)c2C#N)C1. The van der Waals surface area contributed by atoms with Gasteiger partial charge in [0.2, 0.25) is 0 Å². The predicted octanol–water partition coefficient (Wildman–Crippen LogP) is 4.53. The molecule has 1 amide bonds. The number of nitrogens with one attached hydrogen (secondary N) is 1. The van der Waals surface area contributed by atoms with Crippen LogP contribution in [-0.2, 0) is 12.8 Å². The number of hydrogen-bond donors (Lipinski definition) is 1. The van der Waals surface area contributed by atoms with Gasteiger partial charge in [-0.15, -0.1) is 11.3 Å². The lowest BCUT2D eigenvalue weighted by molar-refractivity contribution is 0.102. The third-order valence-electron chi connectivity index (χ3n) is 4.40. The highest BCUT2D eigenvalue weighted by Gasteiger charge is 2.26. The smallest absolute Gasteiger partial charge is 0.259 e. The van der Waals surface area contributed by atoms with Crippen LogP contribution in [0.15, 0.2) is 24.3 Å². The topological polar surface area (TPSA) is 52.9 Å². The van der Waals surface area contributed by atoms with Crippen LogP contribution in [-0.4, -0.2) is 5.91 Å². The lowest BCUT2D eigenvalue weighted by atomic mass is 9.86. The highest BCUT2D eigenvalue weighted by Crippen LogP contribution is 2.40. The Bertz CT molecular complexity index is 791. The Kier molecular flexibility index (Phi) is 4.44. The summed E-state index contributed by atoms with van der Waals surface area (Å²) in [6.07, 6.45) is 4.04. The summed E-state index contributed by atoms with van der Waals surface area (Å²) in [6.45, 7) is 2.18. The molecule has 1 aromatic heterocycles. The largest absolute Gasteiger partial charge is 0.312 e. The monoisotopic (exact) mass is 328 g/mol. The zero-order valence-electron chi connectivity index (χ0n) is 12.9. The van der Waals surface area contributed by atoms with E-state index in [0.29, 0.717) is 16.5 Å². The first kappa shape index (κ1) is 15.7. The van der Waals surface area contributed by atoms with Crippen molar-refractivity contribution in [1.29, 1.82) is 5.26 Å². The number of nitriles is 1. The van der Waals surface area contributed by atoms with Gasteiger partial charge in [0, 0.05) is 4.88 Å². The van der Waals surface area contributed by atoms with Crippen molar-refractivity contribution in [2.24, 2.45) is 5.92 Å². The normalized spacial score (nSPS) is 16.5. The molecule has 0 spiro atoms. The van der Waals surface area contributed by atoms with Gasteiger partial charge in [-0.1, -0.05) is 25.5 Å². The number of hydrogen-bond acceptors (Lipinski definition) is 3. The summed E-state index contributed by atoms with van der Waals surface area (Å²) >= 11 is 1.46. The standard InChI is InChI=1S/C18H17FN2OS/c1-2-11-7-8-12-14(10-20)18(23-16(12)9-11)21-17(22)13-5-3-4-6-15(13)19/h3-6,11H,2,7-9H2,1H3,(H,21,22). The van der Waals surface area contributed by atoms with Crippen LogP contribution in [0, 0.1) is 23.1 Å². The molecule has 0 saturated heterocycles. The van der Waals surface area contributed by atoms with Crippen LogP contribution < -0.4 is 5.32 Å². The molecule has 0 saturated carbocycles. The molecule has 23 heavy (non-hydrogen) atoms. The molecule has 0 bridgehead atoms. The molecule has 0 fully saturated rings. The first-order valence-electron chi connectivity index (χ1n) is 7.74. The van der Waals surface area contributed by atoms with Crippen molar-refractivity contribution in [2.75, 3.05) is 5.32 Å². The van der Waals surface area contributed by atoms with E-state index < -0.39 is 11.7 Å². The summed E-state index contributed by atoms with van der Waals surface area (Å²) in [4.78, 5) is 13.5. The van der Waals surface area contributed by atoms with E-state index in [4.69, 9.17) is 0 Å². The average molecular weight is 328 g/mol. The Hall–Kier alpha value is -2.19. The number of carbonyl (C=O) groups is 1. The summed E-state index contributed by atoms with van der Waals surface area (Å²) in [5.41, 5.74) is 1.60. The van der Waals surface area contributed by atoms with Crippen LogP contribution >= 0.6 is 11.3 Å². The second kappa shape index (κ2) is 6.51.